The van der Waals surface area contributed by atoms with Gasteiger partial charge in [-0.25, -0.2) is 13.2 Å². The Labute approximate surface area is 163 Å². The van der Waals surface area contributed by atoms with Gasteiger partial charge in [-0.15, -0.1) is 0 Å². The third-order valence-electron chi connectivity index (χ3n) is 4.58. The van der Waals surface area contributed by atoms with Crippen LogP contribution in [0.15, 0.2) is 48.5 Å². The van der Waals surface area contributed by atoms with E-state index in [0.717, 1.165) is 5.56 Å². The minimum absolute atomic E-state index is 0.0192. The number of aryl methyl sites for hydroxylation is 1. The summed E-state index contributed by atoms with van der Waals surface area (Å²) >= 11 is 0. The summed E-state index contributed by atoms with van der Waals surface area (Å²) in [5.74, 6) is -1.67. The van der Waals surface area contributed by atoms with Gasteiger partial charge in [0.15, 0.2) is 16.4 Å². The van der Waals surface area contributed by atoms with Crippen molar-refractivity contribution in [3.8, 4) is 5.75 Å². The van der Waals surface area contributed by atoms with Gasteiger partial charge in [0.05, 0.1) is 17.5 Å². The summed E-state index contributed by atoms with van der Waals surface area (Å²) in [7, 11) is -3.20. The largest absolute Gasteiger partial charge is 0.507 e. The van der Waals surface area contributed by atoms with E-state index < -0.39 is 34.4 Å². The number of hydrogen-bond donors (Lipinski definition) is 1. The molecule has 28 heavy (non-hydrogen) atoms. The molecule has 0 radical (unpaired) electrons. The smallest absolute Gasteiger partial charge is 0.342 e. The first-order valence-corrected chi connectivity index (χ1v) is 10.6. The number of aromatic hydroxyl groups is 1. The summed E-state index contributed by atoms with van der Waals surface area (Å²) in [5, 5.41) is 9.88. The number of esters is 1. The number of benzene rings is 2. The van der Waals surface area contributed by atoms with Crippen molar-refractivity contribution in [3.05, 3.63) is 59.7 Å². The lowest BCUT2D eigenvalue weighted by molar-refractivity contribution is -0.122. The Morgan fingerprint density at radius 2 is 1.89 bits per heavy atom. The van der Waals surface area contributed by atoms with Gasteiger partial charge in [-0.3, -0.25) is 4.79 Å². The van der Waals surface area contributed by atoms with Crippen LogP contribution in [0.1, 0.15) is 22.3 Å². The monoisotopic (exact) mass is 403 g/mol. The molecule has 8 heteroatoms. The molecule has 1 fully saturated rings. The Balaban J connectivity index is 1.75. The fourth-order valence-corrected chi connectivity index (χ4v) is 4.91. The molecule has 1 aliphatic rings. The number of phenolic OH excluding ortho intramolecular Hbond substituents is 1. The molecule has 1 atom stereocenters. The van der Waals surface area contributed by atoms with Crippen LogP contribution in [0.25, 0.3) is 0 Å². The molecular weight excluding hydrogens is 382 g/mol. The van der Waals surface area contributed by atoms with Crippen LogP contribution in [0.3, 0.4) is 0 Å². The van der Waals surface area contributed by atoms with E-state index in [1.54, 1.807) is 43.3 Å². The van der Waals surface area contributed by atoms with Crippen molar-refractivity contribution >= 4 is 27.4 Å². The number of carbonyl (C=O) groups is 2. The summed E-state index contributed by atoms with van der Waals surface area (Å²) < 4.78 is 28.8. The number of phenols is 1. The van der Waals surface area contributed by atoms with Crippen LogP contribution in [0.2, 0.25) is 0 Å². The van der Waals surface area contributed by atoms with Crippen LogP contribution in [0.5, 0.6) is 5.75 Å². The first-order valence-electron chi connectivity index (χ1n) is 8.81. The van der Waals surface area contributed by atoms with Crippen molar-refractivity contribution in [2.45, 2.75) is 19.4 Å². The van der Waals surface area contributed by atoms with E-state index in [-0.39, 0.29) is 22.8 Å². The lowest BCUT2D eigenvalue weighted by Gasteiger charge is -2.28. The number of para-hydroxylation sites is 1. The van der Waals surface area contributed by atoms with Crippen LogP contribution in [-0.4, -0.2) is 49.6 Å². The molecule has 0 unspecified atom stereocenters. The van der Waals surface area contributed by atoms with Gasteiger partial charge >= 0.3 is 5.97 Å². The predicted octanol–water partition coefficient (Wildman–Crippen LogP) is 2.08. The maximum Gasteiger partial charge on any atom is 0.342 e. The van der Waals surface area contributed by atoms with Crippen LogP contribution >= 0.6 is 0 Å². The van der Waals surface area contributed by atoms with Crippen molar-refractivity contribution in [2.24, 2.45) is 0 Å². The summed E-state index contributed by atoms with van der Waals surface area (Å²) in [6.45, 7) is 1.21. The average Bonchev–Trinajstić information content (AvgIpc) is 3.00. The molecule has 0 saturated carbocycles. The molecule has 148 valence electrons. The van der Waals surface area contributed by atoms with Crippen molar-refractivity contribution in [2.75, 3.05) is 23.0 Å². The lowest BCUT2D eigenvalue weighted by atomic mass is 10.1. The number of hydrogen-bond acceptors (Lipinski definition) is 6. The number of ether oxygens (including phenoxy) is 1. The van der Waals surface area contributed by atoms with E-state index in [4.69, 9.17) is 4.74 Å². The third-order valence-corrected chi connectivity index (χ3v) is 6.33. The normalized spacial score (nSPS) is 17.8. The van der Waals surface area contributed by atoms with Gasteiger partial charge in [0.2, 0.25) is 0 Å². The van der Waals surface area contributed by atoms with Crippen LogP contribution in [0, 0.1) is 6.92 Å². The fourth-order valence-electron chi connectivity index (χ4n) is 3.21. The Bertz CT molecular complexity index is 987. The maximum absolute atomic E-state index is 12.8. The molecule has 1 saturated heterocycles. The van der Waals surface area contributed by atoms with Gasteiger partial charge < -0.3 is 14.7 Å². The van der Waals surface area contributed by atoms with Gasteiger partial charge in [0, 0.05) is 5.69 Å². The second kappa shape index (κ2) is 8.02. The van der Waals surface area contributed by atoms with Gasteiger partial charge in [0.1, 0.15) is 11.3 Å². The fraction of sp³-hybridized carbons (Fsp3) is 0.300. The van der Waals surface area contributed by atoms with E-state index in [1.807, 2.05) is 0 Å². The molecule has 1 heterocycles. The van der Waals surface area contributed by atoms with E-state index in [1.165, 1.54) is 17.0 Å². The van der Waals surface area contributed by atoms with Gasteiger partial charge in [-0.2, -0.15) is 0 Å². The standard InChI is InChI=1S/C20H21NO6S/c1-14-7-8-17(18(22)11-14)20(24)27-12-19(23)21(15-5-3-2-4-6-15)16-9-10-28(25,26)13-16/h2-8,11,16,22H,9-10,12-13H2,1H3/t16-/m1/s1. The summed E-state index contributed by atoms with van der Waals surface area (Å²) in [4.78, 5) is 26.4. The Morgan fingerprint density at radius 3 is 2.50 bits per heavy atom. The molecule has 0 spiro atoms. The van der Waals surface area contributed by atoms with Gasteiger partial charge in [-0.05, 0) is 43.2 Å². The van der Waals surface area contributed by atoms with E-state index >= 15 is 0 Å². The highest BCUT2D eigenvalue weighted by Gasteiger charge is 2.35. The van der Waals surface area contributed by atoms with E-state index in [0.29, 0.717) is 12.1 Å². The van der Waals surface area contributed by atoms with Crippen molar-refractivity contribution < 1.29 is 27.9 Å². The van der Waals surface area contributed by atoms with Gasteiger partial charge in [0.25, 0.3) is 5.91 Å². The van der Waals surface area contributed by atoms with Crippen LogP contribution in [-0.2, 0) is 19.4 Å². The van der Waals surface area contributed by atoms with Crippen LogP contribution < -0.4 is 4.90 Å². The SMILES string of the molecule is Cc1ccc(C(=O)OCC(=O)N(c2ccccc2)[C@@H]2CCS(=O)(=O)C2)c(O)c1. The lowest BCUT2D eigenvalue weighted by Crippen LogP contribution is -2.43. The van der Waals surface area contributed by atoms with Crippen molar-refractivity contribution in [1.82, 2.24) is 0 Å². The number of rotatable bonds is 5. The molecule has 0 aromatic heterocycles. The number of carbonyl (C=O) groups excluding carboxylic acids is 2. The molecule has 7 nitrogen and oxygen atoms in total. The maximum atomic E-state index is 12.8. The van der Waals surface area contributed by atoms with E-state index in [9.17, 15) is 23.1 Å². The summed E-state index contributed by atoms with van der Waals surface area (Å²) in [5.41, 5.74) is 1.29. The minimum Gasteiger partial charge on any atom is -0.507 e. The highest BCUT2D eigenvalue weighted by Crippen LogP contribution is 2.25. The summed E-state index contributed by atoms with van der Waals surface area (Å²) in [6.07, 6.45) is 0.329. The number of amides is 1. The van der Waals surface area contributed by atoms with E-state index in [2.05, 4.69) is 0 Å². The molecule has 2 aromatic rings. The predicted molar refractivity (Wildman–Crippen MR) is 104 cm³/mol. The molecular formula is C20H21NO6S. The first kappa shape index (κ1) is 19.9. The second-order valence-electron chi connectivity index (χ2n) is 6.75. The molecule has 1 aliphatic heterocycles. The highest BCUT2D eigenvalue weighted by atomic mass is 32.2. The molecule has 2 aromatic carbocycles. The Hall–Kier alpha value is -2.87. The Kier molecular flexibility index (Phi) is 5.69. The molecule has 0 bridgehead atoms. The molecule has 1 amide bonds. The number of sulfone groups is 1. The van der Waals surface area contributed by atoms with Crippen molar-refractivity contribution in [1.29, 1.82) is 0 Å². The quantitative estimate of drug-likeness (QED) is 0.767. The molecule has 3 rings (SSSR count). The second-order valence-corrected chi connectivity index (χ2v) is 8.98. The van der Waals surface area contributed by atoms with Crippen LogP contribution in [0.4, 0.5) is 5.69 Å². The summed E-state index contributed by atoms with van der Waals surface area (Å²) in [6, 6.07) is 12.7. The minimum atomic E-state index is -3.20. The molecule has 0 aliphatic carbocycles. The number of nitrogens with zero attached hydrogens (tertiary/aromatic N) is 1. The molecule has 1 N–H and O–H groups in total. The Morgan fingerprint density at radius 1 is 1.18 bits per heavy atom. The zero-order valence-electron chi connectivity index (χ0n) is 15.4. The highest BCUT2D eigenvalue weighted by molar-refractivity contribution is 7.91. The third kappa shape index (κ3) is 4.51. The number of anilines is 1. The average molecular weight is 403 g/mol. The topological polar surface area (TPSA) is 101 Å². The first-order chi connectivity index (χ1) is 13.3. The van der Waals surface area contributed by atoms with Crippen molar-refractivity contribution in [3.63, 3.8) is 0 Å². The zero-order chi connectivity index (χ0) is 20.3. The van der Waals surface area contributed by atoms with Gasteiger partial charge in [-0.1, -0.05) is 24.3 Å². The zero-order valence-corrected chi connectivity index (χ0v) is 16.2.